The fourth-order valence-corrected chi connectivity index (χ4v) is 1.72. The Balaban J connectivity index is 2.99. The lowest BCUT2D eigenvalue weighted by atomic mass is 10.1. The van der Waals surface area contributed by atoms with E-state index in [9.17, 15) is 0 Å². The third kappa shape index (κ3) is 13.9. The highest BCUT2D eigenvalue weighted by Crippen LogP contribution is 2.06. The van der Waals surface area contributed by atoms with Gasteiger partial charge in [-0.2, -0.15) is 0 Å². The van der Waals surface area contributed by atoms with Gasteiger partial charge in [0.05, 0.1) is 27.7 Å². The molecule has 0 saturated heterocycles. The van der Waals surface area contributed by atoms with Gasteiger partial charge in [-0.05, 0) is 32.4 Å². The molecule has 0 aliphatic heterocycles. The zero-order chi connectivity index (χ0) is 11.6. The molecule has 0 aromatic rings. The van der Waals surface area contributed by atoms with Crippen molar-refractivity contribution in [3.63, 3.8) is 0 Å². The summed E-state index contributed by atoms with van der Waals surface area (Å²) in [7, 11) is 6.82. The first-order chi connectivity index (χ1) is 7.06. The van der Waals surface area contributed by atoms with E-state index >= 15 is 0 Å². The molecule has 0 radical (unpaired) electrons. The number of nitrogens with zero attached hydrogens (tertiary/aromatic N) is 1. The smallest absolute Gasteiger partial charge is 0.0780 e. The van der Waals surface area contributed by atoms with Gasteiger partial charge in [0.15, 0.2) is 0 Å². The third-order valence-corrected chi connectivity index (χ3v) is 2.68. The Morgan fingerprint density at radius 3 is 1.87 bits per heavy atom. The lowest BCUT2D eigenvalue weighted by Crippen LogP contribution is -2.35. The molecule has 0 bridgehead atoms. The molecule has 0 heterocycles. The fraction of sp³-hybridized carbons (Fsp3) is 1.00. The average molecular weight is 215 g/mol. The van der Waals surface area contributed by atoms with E-state index in [1.165, 1.54) is 51.6 Å². The van der Waals surface area contributed by atoms with Crippen LogP contribution in [0.25, 0.3) is 0 Å². The second-order valence-corrected chi connectivity index (χ2v) is 5.49. The van der Waals surface area contributed by atoms with Crippen LogP contribution in [0.15, 0.2) is 0 Å². The molecule has 1 N–H and O–H groups in total. The van der Waals surface area contributed by atoms with Crippen molar-refractivity contribution in [2.24, 2.45) is 0 Å². The van der Waals surface area contributed by atoms with E-state index in [1.807, 2.05) is 0 Å². The zero-order valence-electron chi connectivity index (χ0n) is 11.3. The SMILES string of the molecule is CCNCCCCCCCC[N+](C)(C)C. The third-order valence-electron chi connectivity index (χ3n) is 2.68. The molecule has 0 saturated carbocycles. The van der Waals surface area contributed by atoms with Gasteiger partial charge in [-0.15, -0.1) is 0 Å². The molecule has 0 aromatic carbocycles. The normalized spacial score (nSPS) is 12.0. The molecule has 2 nitrogen and oxygen atoms in total. The van der Waals surface area contributed by atoms with Crippen LogP contribution in [0.5, 0.6) is 0 Å². The van der Waals surface area contributed by atoms with Gasteiger partial charge < -0.3 is 9.80 Å². The van der Waals surface area contributed by atoms with Crippen LogP contribution in [0, 0.1) is 0 Å². The van der Waals surface area contributed by atoms with Gasteiger partial charge in [0.1, 0.15) is 0 Å². The quantitative estimate of drug-likeness (QED) is 0.436. The maximum Gasteiger partial charge on any atom is 0.0780 e. The van der Waals surface area contributed by atoms with Crippen molar-refractivity contribution in [1.29, 1.82) is 0 Å². The van der Waals surface area contributed by atoms with Crippen LogP contribution in [0.2, 0.25) is 0 Å². The molecular formula is C13H31N2+. The van der Waals surface area contributed by atoms with Crippen molar-refractivity contribution < 1.29 is 4.48 Å². The summed E-state index contributed by atoms with van der Waals surface area (Å²) in [5.41, 5.74) is 0. The van der Waals surface area contributed by atoms with Crippen molar-refractivity contribution in [3.8, 4) is 0 Å². The van der Waals surface area contributed by atoms with Crippen LogP contribution in [-0.4, -0.2) is 45.3 Å². The summed E-state index contributed by atoms with van der Waals surface area (Å²) in [6.07, 6.45) is 8.39. The monoisotopic (exact) mass is 215 g/mol. The van der Waals surface area contributed by atoms with Crippen molar-refractivity contribution in [2.45, 2.75) is 45.4 Å². The minimum atomic E-state index is 1.11. The predicted octanol–water partition coefficient (Wildman–Crippen LogP) is 2.64. The highest BCUT2D eigenvalue weighted by Gasteiger charge is 2.04. The number of unbranched alkanes of at least 4 members (excludes halogenated alkanes) is 5. The first-order valence-corrected chi connectivity index (χ1v) is 6.57. The van der Waals surface area contributed by atoms with Crippen molar-refractivity contribution in [2.75, 3.05) is 40.8 Å². The molecule has 0 fully saturated rings. The maximum absolute atomic E-state index is 3.37. The Hall–Kier alpha value is -0.0800. The highest BCUT2D eigenvalue weighted by atomic mass is 15.3. The summed E-state index contributed by atoms with van der Waals surface area (Å²) >= 11 is 0. The predicted molar refractivity (Wildman–Crippen MR) is 69.1 cm³/mol. The molecular weight excluding hydrogens is 184 g/mol. The topological polar surface area (TPSA) is 12.0 Å². The number of hydrogen-bond acceptors (Lipinski definition) is 1. The van der Waals surface area contributed by atoms with E-state index in [0.29, 0.717) is 0 Å². The van der Waals surface area contributed by atoms with E-state index in [1.54, 1.807) is 0 Å². The van der Waals surface area contributed by atoms with E-state index < -0.39 is 0 Å². The minimum absolute atomic E-state index is 1.11. The summed E-state index contributed by atoms with van der Waals surface area (Å²) in [6.45, 7) is 5.81. The zero-order valence-corrected chi connectivity index (χ0v) is 11.3. The maximum atomic E-state index is 3.37. The average Bonchev–Trinajstić information content (AvgIpc) is 2.14. The Kier molecular flexibility index (Phi) is 9.12. The largest absolute Gasteiger partial charge is 0.331 e. The van der Waals surface area contributed by atoms with E-state index in [2.05, 4.69) is 33.4 Å². The van der Waals surface area contributed by atoms with Crippen molar-refractivity contribution in [1.82, 2.24) is 5.32 Å². The van der Waals surface area contributed by atoms with E-state index in [-0.39, 0.29) is 0 Å². The van der Waals surface area contributed by atoms with Crippen molar-refractivity contribution in [3.05, 3.63) is 0 Å². The standard InChI is InChI=1S/C13H31N2/c1-5-14-12-10-8-6-7-9-11-13-15(2,3)4/h14H,5-13H2,1-4H3/q+1. The van der Waals surface area contributed by atoms with Gasteiger partial charge in [-0.25, -0.2) is 0 Å². The van der Waals surface area contributed by atoms with E-state index in [4.69, 9.17) is 0 Å². The van der Waals surface area contributed by atoms with Gasteiger partial charge in [0, 0.05) is 0 Å². The molecule has 2 heteroatoms. The minimum Gasteiger partial charge on any atom is -0.331 e. The van der Waals surface area contributed by atoms with Crippen LogP contribution in [0.1, 0.15) is 45.4 Å². The van der Waals surface area contributed by atoms with Gasteiger partial charge in [-0.1, -0.05) is 26.2 Å². The van der Waals surface area contributed by atoms with Crippen LogP contribution in [0.3, 0.4) is 0 Å². The van der Waals surface area contributed by atoms with Crippen LogP contribution < -0.4 is 5.32 Å². The Bertz CT molecular complexity index is 127. The first-order valence-electron chi connectivity index (χ1n) is 6.57. The summed E-state index contributed by atoms with van der Waals surface area (Å²) in [5, 5.41) is 3.37. The second-order valence-electron chi connectivity index (χ2n) is 5.49. The molecule has 0 aliphatic rings. The van der Waals surface area contributed by atoms with Crippen LogP contribution >= 0.6 is 0 Å². The van der Waals surface area contributed by atoms with Gasteiger partial charge in [-0.3, -0.25) is 0 Å². The summed E-state index contributed by atoms with van der Waals surface area (Å²) in [6, 6.07) is 0. The van der Waals surface area contributed by atoms with E-state index in [0.717, 1.165) is 11.0 Å². The van der Waals surface area contributed by atoms with Crippen LogP contribution in [-0.2, 0) is 0 Å². The molecule has 0 aromatic heterocycles. The summed E-state index contributed by atoms with van der Waals surface area (Å²) in [5.74, 6) is 0. The Morgan fingerprint density at radius 1 is 0.800 bits per heavy atom. The second kappa shape index (κ2) is 9.17. The fourth-order valence-electron chi connectivity index (χ4n) is 1.72. The lowest BCUT2D eigenvalue weighted by Gasteiger charge is -2.23. The highest BCUT2D eigenvalue weighted by molar-refractivity contribution is 4.48. The molecule has 15 heavy (non-hydrogen) atoms. The lowest BCUT2D eigenvalue weighted by molar-refractivity contribution is -0.870. The first kappa shape index (κ1) is 14.9. The number of quaternary nitrogens is 1. The molecule has 0 amide bonds. The molecule has 0 unspecified atom stereocenters. The molecule has 0 rings (SSSR count). The molecule has 92 valence electrons. The number of rotatable bonds is 10. The Morgan fingerprint density at radius 2 is 1.33 bits per heavy atom. The Labute approximate surface area is 96.6 Å². The van der Waals surface area contributed by atoms with Gasteiger partial charge in [0.25, 0.3) is 0 Å². The van der Waals surface area contributed by atoms with Crippen molar-refractivity contribution >= 4 is 0 Å². The molecule has 0 aliphatic carbocycles. The summed E-state index contributed by atoms with van der Waals surface area (Å²) in [4.78, 5) is 0. The summed E-state index contributed by atoms with van der Waals surface area (Å²) < 4.78 is 1.11. The van der Waals surface area contributed by atoms with Crippen LogP contribution in [0.4, 0.5) is 0 Å². The molecule has 0 spiro atoms. The number of hydrogen-bond donors (Lipinski definition) is 1. The number of nitrogens with one attached hydrogen (secondary N) is 1. The van der Waals surface area contributed by atoms with Gasteiger partial charge in [0.2, 0.25) is 0 Å². The van der Waals surface area contributed by atoms with Gasteiger partial charge >= 0.3 is 0 Å². The molecule has 0 atom stereocenters.